The highest BCUT2D eigenvalue weighted by Gasteiger charge is 2.25. The van der Waals surface area contributed by atoms with Gasteiger partial charge in [0.1, 0.15) is 0 Å². The molecule has 0 aromatic carbocycles. The first-order valence-electron chi connectivity index (χ1n) is 3.89. The predicted molar refractivity (Wildman–Crippen MR) is 45.2 cm³/mol. The van der Waals surface area contributed by atoms with Crippen molar-refractivity contribution < 1.29 is 10.1 Å². The molecule has 62 valence electrons. The third-order valence-electron chi connectivity index (χ3n) is 2.13. The van der Waals surface area contributed by atoms with Gasteiger partial charge in [0.2, 0.25) is 0 Å². The van der Waals surface area contributed by atoms with E-state index < -0.39 is 13.2 Å². The highest BCUT2D eigenvalue weighted by molar-refractivity contribution is 6.45. The first-order valence-corrected chi connectivity index (χ1v) is 3.89. The van der Waals surface area contributed by atoms with Gasteiger partial charge in [0.05, 0.1) is 6.10 Å². The Morgan fingerprint density at radius 1 is 1.73 bits per heavy atom. The fourth-order valence-corrected chi connectivity index (χ4v) is 1.24. The largest absolute Gasteiger partial charge is 0.437 e. The van der Waals surface area contributed by atoms with Crippen molar-refractivity contribution in [2.75, 3.05) is 13.1 Å². The van der Waals surface area contributed by atoms with Crippen molar-refractivity contribution in [2.24, 2.45) is 0 Å². The number of rotatable bonds is 1. The fourth-order valence-electron chi connectivity index (χ4n) is 1.24. The molecule has 1 rings (SSSR count). The van der Waals surface area contributed by atoms with Crippen LogP contribution in [0.3, 0.4) is 0 Å². The lowest BCUT2D eigenvalue weighted by molar-refractivity contribution is 0.145. The average Bonchev–Trinajstić information content (AvgIpc) is 1.94. The maximum atomic E-state index is 9.34. The van der Waals surface area contributed by atoms with Crippen LogP contribution in [0.1, 0.15) is 6.42 Å². The molecule has 1 heterocycles. The van der Waals surface area contributed by atoms with Gasteiger partial charge in [-0.05, 0) is 25.4 Å². The second kappa shape index (κ2) is 3.39. The molecule has 0 aromatic rings. The summed E-state index contributed by atoms with van der Waals surface area (Å²) in [6.45, 7) is 6.75. The zero-order chi connectivity index (χ0) is 8.43. The van der Waals surface area contributed by atoms with Gasteiger partial charge in [0.25, 0.3) is 0 Å². The summed E-state index contributed by atoms with van der Waals surface area (Å²) in [5, 5.41) is 18.5. The summed E-state index contributed by atoms with van der Waals surface area (Å²) in [6, 6.07) is 0. The quantitative estimate of drug-likeness (QED) is 0.404. The molecule has 1 aliphatic rings. The van der Waals surface area contributed by atoms with E-state index in [2.05, 4.69) is 6.58 Å². The van der Waals surface area contributed by atoms with Crippen LogP contribution in [0, 0.1) is 0 Å². The maximum Gasteiger partial charge on any atom is 0.376 e. The van der Waals surface area contributed by atoms with Gasteiger partial charge in [0, 0.05) is 6.54 Å². The second-order valence-corrected chi connectivity index (χ2v) is 3.05. The Bertz CT molecular complexity index is 161. The van der Waals surface area contributed by atoms with Gasteiger partial charge >= 0.3 is 7.05 Å². The summed E-state index contributed by atoms with van der Waals surface area (Å²) in [7, 11) is -0.460. The number of hydrogen-bond donors (Lipinski definition) is 2. The zero-order valence-electron chi connectivity index (χ0n) is 6.82. The molecule has 0 amide bonds. The molecule has 0 spiro atoms. The summed E-state index contributed by atoms with van der Waals surface area (Å²) in [4.78, 5) is 1.83. The first-order chi connectivity index (χ1) is 5.11. The number of aliphatic hydroxyl groups excluding tert-OH is 1. The SMILES string of the molecule is C=C1CCN(B(C)O)CC1O. The topological polar surface area (TPSA) is 43.7 Å². The molecule has 1 saturated heterocycles. The molecule has 11 heavy (non-hydrogen) atoms. The third kappa shape index (κ3) is 2.05. The fraction of sp³-hybridized carbons (Fsp3) is 0.714. The van der Waals surface area contributed by atoms with Gasteiger partial charge in [-0.3, -0.25) is 0 Å². The monoisotopic (exact) mass is 155 g/mol. The van der Waals surface area contributed by atoms with Gasteiger partial charge in [-0.25, -0.2) is 0 Å². The molecule has 0 bridgehead atoms. The van der Waals surface area contributed by atoms with E-state index in [-0.39, 0.29) is 0 Å². The molecule has 1 aliphatic heterocycles. The molecule has 0 aliphatic carbocycles. The molecule has 0 radical (unpaired) electrons. The molecule has 4 heteroatoms. The minimum absolute atomic E-state index is 0.460. The van der Waals surface area contributed by atoms with Gasteiger partial charge in [-0.15, -0.1) is 0 Å². The van der Waals surface area contributed by atoms with E-state index in [1.54, 1.807) is 6.82 Å². The Kier molecular flexibility index (Phi) is 2.70. The summed E-state index contributed by atoms with van der Waals surface area (Å²) < 4.78 is 0. The summed E-state index contributed by atoms with van der Waals surface area (Å²) in [5.41, 5.74) is 0.877. The minimum atomic E-state index is -0.460. The first kappa shape index (κ1) is 8.78. The molecule has 2 N–H and O–H groups in total. The molecular weight excluding hydrogens is 141 g/mol. The van der Waals surface area contributed by atoms with E-state index in [9.17, 15) is 5.11 Å². The van der Waals surface area contributed by atoms with Crippen LogP contribution in [-0.2, 0) is 0 Å². The van der Waals surface area contributed by atoms with E-state index >= 15 is 0 Å². The summed E-state index contributed by atoms with van der Waals surface area (Å²) in [6.07, 6.45) is 0.324. The number of nitrogens with zero attached hydrogens (tertiary/aromatic N) is 1. The standard InChI is InChI=1S/C7H14BNO2/c1-6-3-4-9(8(2)11)5-7(6)10/h7,10-11H,1,3-5H2,2H3. The van der Waals surface area contributed by atoms with Crippen LogP contribution >= 0.6 is 0 Å². The van der Waals surface area contributed by atoms with Crippen molar-refractivity contribution in [3.8, 4) is 0 Å². The van der Waals surface area contributed by atoms with Crippen LogP contribution < -0.4 is 0 Å². The average molecular weight is 155 g/mol. The van der Waals surface area contributed by atoms with Crippen molar-refractivity contribution in [2.45, 2.75) is 19.3 Å². The van der Waals surface area contributed by atoms with Crippen LogP contribution in [0.5, 0.6) is 0 Å². The van der Waals surface area contributed by atoms with Crippen LogP contribution in [0.4, 0.5) is 0 Å². The van der Waals surface area contributed by atoms with E-state index in [0.29, 0.717) is 6.54 Å². The van der Waals surface area contributed by atoms with Gasteiger partial charge in [0.15, 0.2) is 0 Å². The number of β-amino-alcohol motifs (C(OH)–C–C–N with tert-alkyl or cyclic N) is 1. The van der Waals surface area contributed by atoms with Crippen LogP contribution in [0.2, 0.25) is 6.82 Å². The van der Waals surface area contributed by atoms with Gasteiger partial charge < -0.3 is 14.9 Å². The molecule has 1 fully saturated rings. The highest BCUT2D eigenvalue weighted by atomic mass is 16.3. The normalized spacial score (nSPS) is 27.2. The summed E-state index contributed by atoms with van der Waals surface area (Å²) in [5.74, 6) is 0. The second-order valence-electron chi connectivity index (χ2n) is 3.05. The third-order valence-corrected chi connectivity index (χ3v) is 2.13. The van der Waals surface area contributed by atoms with Crippen molar-refractivity contribution in [3.63, 3.8) is 0 Å². The Morgan fingerprint density at radius 3 is 2.82 bits per heavy atom. The van der Waals surface area contributed by atoms with Crippen LogP contribution in [0.15, 0.2) is 12.2 Å². The van der Waals surface area contributed by atoms with Crippen molar-refractivity contribution in [1.82, 2.24) is 4.81 Å². The highest BCUT2D eigenvalue weighted by Crippen LogP contribution is 2.14. The minimum Gasteiger partial charge on any atom is -0.437 e. The predicted octanol–water partition coefficient (Wildman–Crippen LogP) is -0.280. The van der Waals surface area contributed by atoms with Crippen molar-refractivity contribution in [3.05, 3.63) is 12.2 Å². The van der Waals surface area contributed by atoms with Crippen molar-refractivity contribution in [1.29, 1.82) is 0 Å². The zero-order valence-corrected chi connectivity index (χ0v) is 6.82. The Morgan fingerprint density at radius 2 is 2.36 bits per heavy atom. The molecular formula is C7H14BNO2. The van der Waals surface area contributed by atoms with Crippen molar-refractivity contribution >= 4 is 7.05 Å². The molecule has 0 saturated carbocycles. The van der Waals surface area contributed by atoms with Crippen LogP contribution in [0.25, 0.3) is 0 Å². The maximum absolute atomic E-state index is 9.34. The van der Waals surface area contributed by atoms with Crippen LogP contribution in [-0.4, -0.2) is 41.2 Å². The van der Waals surface area contributed by atoms with E-state index in [0.717, 1.165) is 18.5 Å². The Balaban J connectivity index is 2.46. The number of aliphatic hydroxyl groups is 1. The summed E-state index contributed by atoms with van der Waals surface area (Å²) >= 11 is 0. The number of hydrogen-bond acceptors (Lipinski definition) is 3. The Labute approximate surface area is 67.5 Å². The molecule has 0 aromatic heterocycles. The molecule has 1 atom stereocenters. The van der Waals surface area contributed by atoms with Gasteiger partial charge in [-0.1, -0.05) is 6.58 Å². The smallest absolute Gasteiger partial charge is 0.376 e. The molecule has 1 unspecified atom stereocenters. The molecule has 3 nitrogen and oxygen atoms in total. The van der Waals surface area contributed by atoms with E-state index in [1.807, 2.05) is 4.81 Å². The Hall–Kier alpha value is -0.315. The van der Waals surface area contributed by atoms with E-state index in [1.165, 1.54) is 0 Å². The number of piperidine rings is 1. The van der Waals surface area contributed by atoms with Gasteiger partial charge in [-0.2, -0.15) is 0 Å². The lowest BCUT2D eigenvalue weighted by Crippen LogP contribution is -2.46. The lowest BCUT2D eigenvalue weighted by atomic mass is 9.82. The lowest BCUT2D eigenvalue weighted by Gasteiger charge is -2.32. The van der Waals surface area contributed by atoms with E-state index in [4.69, 9.17) is 5.02 Å².